The van der Waals surface area contributed by atoms with Gasteiger partial charge in [0, 0.05) is 5.54 Å². The van der Waals surface area contributed by atoms with Crippen molar-refractivity contribution in [1.82, 2.24) is 10.6 Å². The number of rotatable bonds is 12. The summed E-state index contributed by atoms with van der Waals surface area (Å²) in [6.07, 6.45) is 17.2. The Morgan fingerprint density at radius 2 is 1.39 bits per heavy atom. The van der Waals surface area contributed by atoms with E-state index in [4.69, 9.17) is 0 Å². The van der Waals surface area contributed by atoms with Crippen molar-refractivity contribution in [2.75, 3.05) is 0 Å². The molecule has 0 aliphatic heterocycles. The van der Waals surface area contributed by atoms with Crippen molar-refractivity contribution in [2.45, 2.75) is 115 Å². The van der Waals surface area contributed by atoms with Gasteiger partial charge in [-0.1, -0.05) is 58.3 Å². The van der Waals surface area contributed by atoms with Gasteiger partial charge in [0.2, 0.25) is 0 Å². The van der Waals surface area contributed by atoms with E-state index in [2.05, 4.69) is 17.6 Å². The lowest BCUT2D eigenvalue weighted by Crippen LogP contribution is -2.62. The van der Waals surface area contributed by atoms with E-state index in [1.807, 2.05) is 0 Å². The van der Waals surface area contributed by atoms with Crippen molar-refractivity contribution < 1.29 is 14.7 Å². The van der Waals surface area contributed by atoms with Crippen LogP contribution in [0.4, 0.5) is 4.79 Å². The summed E-state index contributed by atoms with van der Waals surface area (Å²) in [7, 11) is 0. The molecule has 2 amide bonds. The highest BCUT2D eigenvalue weighted by molar-refractivity contribution is 5.82. The highest BCUT2D eigenvalue weighted by Gasteiger charge is 2.51. The molecule has 0 aromatic carbocycles. The summed E-state index contributed by atoms with van der Waals surface area (Å²) >= 11 is 0. The van der Waals surface area contributed by atoms with E-state index in [9.17, 15) is 14.7 Å². The summed E-state index contributed by atoms with van der Waals surface area (Å²) in [6.45, 7) is 2.22. The Balaban J connectivity index is 1.37. The van der Waals surface area contributed by atoms with Gasteiger partial charge < -0.3 is 15.7 Å². The average Bonchev–Trinajstić information content (AvgIpc) is 2.61. The van der Waals surface area contributed by atoms with E-state index in [0.29, 0.717) is 6.42 Å². The molecule has 4 aliphatic carbocycles. The lowest BCUT2D eigenvalue weighted by atomic mass is 9.53. The maximum Gasteiger partial charge on any atom is 0.326 e. The highest BCUT2D eigenvalue weighted by atomic mass is 16.4. The molecule has 3 N–H and O–H groups in total. The minimum atomic E-state index is -0.913. The zero-order valence-corrected chi connectivity index (χ0v) is 17.7. The van der Waals surface area contributed by atoms with E-state index in [1.54, 1.807) is 0 Å². The quantitative estimate of drug-likeness (QED) is 0.398. The molecular weight excluding hydrogens is 352 g/mol. The Morgan fingerprint density at radius 3 is 1.89 bits per heavy atom. The summed E-state index contributed by atoms with van der Waals surface area (Å²) in [5.74, 6) is 1.38. The molecule has 4 rings (SSSR count). The molecule has 0 aromatic heterocycles. The Morgan fingerprint density at radius 1 is 0.893 bits per heavy atom. The number of hydrogen-bond acceptors (Lipinski definition) is 2. The number of amides is 2. The summed E-state index contributed by atoms with van der Waals surface area (Å²) in [5.41, 5.74) is -0.0691. The molecule has 4 bridgehead atoms. The predicted octanol–water partition coefficient (Wildman–Crippen LogP) is 5.24. The van der Waals surface area contributed by atoms with Gasteiger partial charge in [0.25, 0.3) is 0 Å². The second-order valence-electron chi connectivity index (χ2n) is 9.95. The number of hydrogen-bond donors (Lipinski definition) is 3. The Bertz CT molecular complexity index is 499. The van der Waals surface area contributed by atoms with Gasteiger partial charge in [-0.25, -0.2) is 9.59 Å². The lowest BCUT2D eigenvalue weighted by molar-refractivity contribution is -0.139. The molecule has 0 aromatic rings. The van der Waals surface area contributed by atoms with Crippen molar-refractivity contribution >= 4 is 12.0 Å². The van der Waals surface area contributed by atoms with Crippen LogP contribution < -0.4 is 10.6 Å². The van der Waals surface area contributed by atoms with Crippen LogP contribution in [0, 0.1) is 17.8 Å². The average molecular weight is 393 g/mol. The van der Waals surface area contributed by atoms with Crippen molar-refractivity contribution in [1.29, 1.82) is 0 Å². The zero-order valence-electron chi connectivity index (χ0n) is 17.7. The first-order valence-electron chi connectivity index (χ1n) is 11.8. The van der Waals surface area contributed by atoms with E-state index in [0.717, 1.165) is 56.3 Å². The van der Waals surface area contributed by atoms with Gasteiger partial charge in [0.05, 0.1) is 0 Å². The number of carboxylic acids is 1. The number of nitrogens with one attached hydrogen (secondary N) is 2. The van der Waals surface area contributed by atoms with Gasteiger partial charge in [-0.15, -0.1) is 0 Å². The number of carbonyl (C=O) groups excluding carboxylic acids is 1. The lowest BCUT2D eigenvalue weighted by Gasteiger charge is -2.56. The normalized spacial score (nSPS) is 31.5. The van der Waals surface area contributed by atoms with Crippen molar-refractivity contribution in [3.63, 3.8) is 0 Å². The van der Waals surface area contributed by atoms with Crippen LogP contribution in [0.15, 0.2) is 0 Å². The molecule has 0 radical (unpaired) electrons. The minimum Gasteiger partial charge on any atom is -0.480 e. The summed E-state index contributed by atoms with van der Waals surface area (Å²) < 4.78 is 0. The van der Waals surface area contributed by atoms with Crippen molar-refractivity contribution in [3.05, 3.63) is 0 Å². The maximum atomic E-state index is 12.6. The Labute approximate surface area is 170 Å². The van der Waals surface area contributed by atoms with Crippen LogP contribution in [0.2, 0.25) is 0 Å². The molecule has 0 saturated heterocycles. The zero-order chi connectivity index (χ0) is 20.0. The minimum absolute atomic E-state index is 0.0691. The molecule has 1 atom stereocenters. The fourth-order valence-corrected chi connectivity index (χ4v) is 6.44. The number of unbranched alkanes of at least 4 members (excludes halogenated alkanes) is 7. The van der Waals surface area contributed by atoms with Crippen LogP contribution in [0.3, 0.4) is 0 Å². The summed E-state index contributed by atoms with van der Waals surface area (Å²) in [6, 6.07) is -1.04. The standard InChI is InChI=1S/C23H40N2O3/c1-2-3-4-5-6-7-8-9-10-20(21(26)27)24-22(28)25-23-14-17-11-18(15-23)13-19(12-17)16-23/h17-20H,2-16H2,1H3,(H,26,27)(H2,24,25,28). The van der Waals surface area contributed by atoms with Crippen LogP contribution in [0.1, 0.15) is 103 Å². The van der Waals surface area contributed by atoms with Crippen LogP contribution in [0.25, 0.3) is 0 Å². The molecule has 5 nitrogen and oxygen atoms in total. The fourth-order valence-electron chi connectivity index (χ4n) is 6.44. The summed E-state index contributed by atoms with van der Waals surface area (Å²) in [4.78, 5) is 24.2. The van der Waals surface area contributed by atoms with Gasteiger partial charge in [-0.05, 0) is 62.7 Å². The van der Waals surface area contributed by atoms with E-state index >= 15 is 0 Å². The van der Waals surface area contributed by atoms with E-state index < -0.39 is 12.0 Å². The third kappa shape index (κ3) is 5.87. The molecule has 4 aliphatic rings. The van der Waals surface area contributed by atoms with Crippen molar-refractivity contribution in [3.8, 4) is 0 Å². The number of urea groups is 1. The first kappa shape index (κ1) is 21.4. The molecule has 4 fully saturated rings. The SMILES string of the molecule is CCCCCCCCCCC(NC(=O)NC12CC3CC(CC(C3)C1)C2)C(=O)O. The highest BCUT2D eigenvalue weighted by Crippen LogP contribution is 2.55. The van der Waals surface area contributed by atoms with E-state index in [1.165, 1.54) is 51.4 Å². The Hall–Kier alpha value is -1.26. The number of aliphatic carboxylic acids is 1. The first-order valence-corrected chi connectivity index (χ1v) is 11.8. The van der Waals surface area contributed by atoms with Crippen LogP contribution in [0.5, 0.6) is 0 Å². The van der Waals surface area contributed by atoms with Crippen LogP contribution in [-0.2, 0) is 4.79 Å². The topological polar surface area (TPSA) is 78.4 Å². The number of carbonyl (C=O) groups is 2. The first-order chi connectivity index (χ1) is 13.5. The predicted molar refractivity (Wildman–Crippen MR) is 111 cm³/mol. The van der Waals surface area contributed by atoms with Gasteiger partial charge in [0.15, 0.2) is 0 Å². The van der Waals surface area contributed by atoms with Gasteiger partial charge in [-0.3, -0.25) is 0 Å². The van der Waals surface area contributed by atoms with Gasteiger partial charge in [-0.2, -0.15) is 0 Å². The molecule has 4 saturated carbocycles. The molecule has 160 valence electrons. The summed E-state index contributed by atoms with van der Waals surface area (Å²) in [5, 5.41) is 15.5. The van der Waals surface area contributed by atoms with Crippen LogP contribution in [-0.4, -0.2) is 28.7 Å². The van der Waals surface area contributed by atoms with Crippen molar-refractivity contribution in [2.24, 2.45) is 17.8 Å². The second-order valence-corrected chi connectivity index (χ2v) is 9.95. The molecule has 0 heterocycles. The van der Waals surface area contributed by atoms with Gasteiger partial charge >= 0.3 is 12.0 Å². The maximum absolute atomic E-state index is 12.6. The molecule has 0 spiro atoms. The molecule has 5 heteroatoms. The van der Waals surface area contributed by atoms with E-state index in [-0.39, 0.29) is 11.6 Å². The smallest absolute Gasteiger partial charge is 0.326 e. The largest absolute Gasteiger partial charge is 0.480 e. The molecule has 28 heavy (non-hydrogen) atoms. The monoisotopic (exact) mass is 392 g/mol. The second kappa shape index (κ2) is 9.98. The van der Waals surface area contributed by atoms with Crippen LogP contribution >= 0.6 is 0 Å². The third-order valence-corrected chi connectivity index (χ3v) is 7.37. The fraction of sp³-hybridized carbons (Fsp3) is 0.913. The number of carboxylic acid groups (broad SMARTS) is 1. The third-order valence-electron chi connectivity index (χ3n) is 7.37. The molecular formula is C23H40N2O3. The van der Waals surface area contributed by atoms with Gasteiger partial charge in [0.1, 0.15) is 6.04 Å². The molecule has 1 unspecified atom stereocenters. The Kier molecular flexibility index (Phi) is 7.64.